The number of rotatable bonds is 8. The molecule has 0 bridgehead atoms. The molecular weight excluding hydrogens is 382 g/mol. The number of nitriles is 1. The third kappa shape index (κ3) is 4.01. The number of ether oxygens (including phenoxy) is 4. The fraction of sp³-hybridized carbons (Fsp3) is 0.304. The van der Waals surface area contributed by atoms with Crippen molar-refractivity contribution < 1.29 is 18.9 Å². The van der Waals surface area contributed by atoms with Gasteiger partial charge in [-0.05, 0) is 48.5 Å². The summed E-state index contributed by atoms with van der Waals surface area (Å²) in [5, 5.41) is 14.5. The minimum absolute atomic E-state index is 0.215. The molecule has 0 radical (unpaired) electrons. The molecule has 2 aliphatic heterocycles. The van der Waals surface area contributed by atoms with E-state index >= 15 is 0 Å². The van der Waals surface area contributed by atoms with Gasteiger partial charge in [-0.25, -0.2) is 0 Å². The molecule has 2 fully saturated rings. The molecule has 0 saturated carbocycles. The van der Waals surface area contributed by atoms with Gasteiger partial charge in [-0.3, -0.25) is 4.68 Å². The average molecular weight is 403 g/mol. The standard InChI is InChI=1S/C23H21N3O4/c1-26-23(16-4-8-18(9-5-16)28-12-20-14-30-20)21(10-24)22(25-26)15-2-6-17(7-3-15)27-11-19-13-29-19/h2-9,19-20H,11-14H2,1H3. The van der Waals surface area contributed by atoms with Crippen molar-refractivity contribution in [2.75, 3.05) is 26.4 Å². The van der Waals surface area contributed by atoms with E-state index in [1.54, 1.807) is 4.68 Å². The predicted molar refractivity (Wildman–Crippen MR) is 109 cm³/mol. The first-order valence-electron chi connectivity index (χ1n) is 9.88. The van der Waals surface area contributed by atoms with Crippen LogP contribution in [0, 0.1) is 11.3 Å². The van der Waals surface area contributed by atoms with Gasteiger partial charge in [-0.2, -0.15) is 10.4 Å². The molecule has 2 aromatic carbocycles. The number of hydrogen-bond donors (Lipinski definition) is 0. The number of nitrogens with zero attached hydrogens (tertiary/aromatic N) is 3. The number of epoxide rings is 2. The summed E-state index contributed by atoms with van der Waals surface area (Å²) < 4.78 is 23.5. The first kappa shape index (κ1) is 18.7. The van der Waals surface area contributed by atoms with Gasteiger partial charge in [0.1, 0.15) is 54.2 Å². The Morgan fingerprint density at radius 2 is 1.43 bits per heavy atom. The van der Waals surface area contributed by atoms with Crippen molar-refractivity contribution in [3.05, 3.63) is 54.1 Å². The van der Waals surface area contributed by atoms with Gasteiger partial charge in [0.05, 0.1) is 18.9 Å². The molecule has 3 heterocycles. The molecule has 2 saturated heterocycles. The predicted octanol–water partition coefficient (Wildman–Crippen LogP) is 3.18. The third-order valence-corrected chi connectivity index (χ3v) is 5.09. The molecule has 0 aliphatic carbocycles. The SMILES string of the molecule is Cn1nc(-c2ccc(OCC3CO3)cc2)c(C#N)c1-c1ccc(OCC2CO2)cc1. The lowest BCUT2D eigenvalue weighted by Gasteiger charge is -2.07. The molecule has 2 aliphatic rings. The Bertz CT molecular complexity index is 1080. The Labute approximate surface area is 174 Å². The number of aryl methyl sites for hydroxylation is 1. The van der Waals surface area contributed by atoms with Gasteiger partial charge in [0.15, 0.2) is 0 Å². The van der Waals surface area contributed by atoms with E-state index in [2.05, 4.69) is 11.2 Å². The Kier molecular flexibility index (Phi) is 4.87. The van der Waals surface area contributed by atoms with Crippen molar-refractivity contribution in [3.63, 3.8) is 0 Å². The smallest absolute Gasteiger partial charge is 0.119 e. The largest absolute Gasteiger partial charge is 0.491 e. The summed E-state index contributed by atoms with van der Waals surface area (Å²) >= 11 is 0. The average Bonchev–Trinajstić information content (AvgIpc) is 3.70. The van der Waals surface area contributed by atoms with Crippen LogP contribution in [0.15, 0.2) is 48.5 Å². The van der Waals surface area contributed by atoms with E-state index in [0.717, 1.165) is 41.5 Å². The maximum atomic E-state index is 9.87. The highest BCUT2D eigenvalue weighted by atomic mass is 16.6. The molecule has 0 spiro atoms. The minimum Gasteiger partial charge on any atom is -0.491 e. The second-order valence-corrected chi connectivity index (χ2v) is 7.39. The molecule has 30 heavy (non-hydrogen) atoms. The fourth-order valence-electron chi connectivity index (χ4n) is 3.29. The van der Waals surface area contributed by atoms with Crippen LogP contribution in [0.25, 0.3) is 22.5 Å². The second kappa shape index (κ2) is 7.82. The lowest BCUT2D eigenvalue weighted by molar-refractivity contribution is 0.263. The monoisotopic (exact) mass is 403 g/mol. The van der Waals surface area contributed by atoms with Crippen LogP contribution in [0.1, 0.15) is 5.56 Å². The first-order valence-corrected chi connectivity index (χ1v) is 9.88. The molecule has 5 rings (SSSR count). The lowest BCUT2D eigenvalue weighted by atomic mass is 10.0. The number of benzene rings is 2. The zero-order valence-electron chi connectivity index (χ0n) is 16.6. The van der Waals surface area contributed by atoms with Gasteiger partial charge in [0.25, 0.3) is 0 Å². The molecule has 2 unspecified atom stereocenters. The molecule has 2 atom stereocenters. The second-order valence-electron chi connectivity index (χ2n) is 7.39. The maximum absolute atomic E-state index is 9.87. The van der Waals surface area contributed by atoms with Crippen LogP contribution in [0.3, 0.4) is 0 Å². The van der Waals surface area contributed by atoms with Crippen LogP contribution in [-0.2, 0) is 16.5 Å². The minimum atomic E-state index is 0.215. The van der Waals surface area contributed by atoms with Crippen molar-refractivity contribution >= 4 is 0 Å². The van der Waals surface area contributed by atoms with Crippen LogP contribution in [0.4, 0.5) is 0 Å². The van der Waals surface area contributed by atoms with Gasteiger partial charge < -0.3 is 18.9 Å². The highest BCUT2D eigenvalue weighted by molar-refractivity contribution is 5.78. The quantitative estimate of drug-likeness (QED) is 0.537. The van der Waals surface area contributed by atoms with E-state index in [-0.39, 0.29) is 12.2 Å². The lowest BCUT2D eigenvalue weighted by Crippen LogP contribution is -2.03. The van der Waals surface area contributed by atoms with E-state index in [4.69, 9.17) is 18.9 Å². The Morgan fingerprint density at radius 1 is 0.933 bits per heavy atom. The van der Waals surface area contributed by atoms with E-state index in [9.17, 15) is 5.26 Å². The van der Waals surface area contributed by atoms with Gasteiger partial charge in [-0.15, -0.1) is 0 Å². The van der Waals surface area contributed by atoms with E-state index in [1.165, 1.54) is 0 Å². The molecule has 1 aromatic heterocycles. The highest BCUT2D eigenvalue weighted by Gasteiger charge is 2.24. The summed E-state index contributed by atoms with van der Waals surface area (Å²) in [6.45, 7) is 2.65. The van der Waals surface area contributed by atoms with E-state index in [1.807, 2.05) is 55.6 Å². The van der Waals surface area contributed by atoms with Crippen molar-refractivity contribution in [2.45, 2.75) is 12.2 Å². The Hall–Kier alpha value is -3.34. The van der Waals surface area contributed by atoms with Crippen molar-refractivity contribution in [1.82, 2.24) is 9.78 Å². The third-order valence-electron chi connectivity index (χ3n) is 5.09. The topological polar surface area (TPSA) is 85.1 Å². The molecule has 3 aromatic rings. The van der Waals surface area contributed by atoms with Gasteiger partial charge in [0.2, 0.25) is 0 Å². The fourth-order valence-corrected chi connectivity index (χ4v) is 3.29. The Morgan fingerprint density at radius 3 is 1.90 bits per heavy atom. The molecule has 0 amide bonds. The number of hydrogen-bond acceptors (Lipinski definition) is 6. The van der Waals surface area contributed by atoms with Gasteiger partial charge >= 0.3 is 0 Å². The van der Waals surface area contributed by atoms with Crippen LogP contribution in [-0.4, -0.2) is 48.4 Å². The highest BCUT2D eigenvalue weighted by Crippen LogP contribution is 2.33. The molecular formula is C23H21N3O4. The molecule has 7 heteroatoms. The Balaban J connectivity index is 1.38. The zero-order chi connectivity index (χ0) is 20.5. The zero-order valence-corrected chi connectivity index (χ0v) is 16.6. The molecule has 0 N–H and O–H groups in total. The maximum Gasteiger partial charge on any atom is 0.119 e. The van der Waals surface area contributed by atoms with Crippen molar-refractivity contribution in [2.24, 2.45) is 7.05 Å². The van der Waals surface area contributed by atoms with Crippen LogP contribution >= 0.6 is 0 Å². The van der Waals surface area contributed by atoms with Gasteiger partial charge in [0, 0.05) is 18.2 Å². The van der Waals surface area contributed by atoms with Crippen LogP contribution in [0.5, 0.6) is 11.5 Å². The summed E-state index contributed by atoms with van der Waals surface area (Å²) in [5.74, 6) is 1.55. The summed E-state index contributed by atoms with van der Waals surface area (Å²) in [4.78, 5) is 0. The summed E-state index contributed by atoms with van der Waals surface area (Å²) in [7, 11) is 1.85. The number of aromatic nitrogens is 2. The van der Waals surface area contributed by atoms with Gasteiger partial charge in [-0.1, -0.05) is 0 Å². The molecule has 7 nitrogen and oxygen atoms in total. The normalized spacial score (nSPS) is 19.2. The summed E-state index contributed by atoms with van der Waals surface area (Å²) in [5.41, 5.74) is 3.74. The summed E-state index contributed by atoms with van der Waals surface area (Å²) in [6.07, 6.45) is 0.431. The summed E-state index contributed by atoms with van der Waals surface area (Å²) in [6, 6.07) is 17.7. The van der Waals surface area contributed by atoms with Crippen molar-refractivity contribution in [3.8, 4) is 40.1 Å². The molecule has 152 valence electrons. The van der Waals surface area contributed by atoms with E-state index in [0.29, 0.717) is 24.5 Å². The van der Waals surface area contributed by atoms with Crippen molar-refractivity contribution in [1.29, 1.82) is 5.26 Å². The first-order chi connectivity index (χ1) is 14.7. The van der Waals surface area contributed by atoms with E-state index < -0.39 is 0 Å². The van der Waals surface area contributed by atoms with Crippen LogP contribution in [0.2, 0.25) is 0 Å². The van der Waals surface area contributed by atoms with Crippen LogP contribution < -0.4 is 9.47 Å².